The number of hydrogen-bond donors (Lipinski definition) is 1. The number of pyridine rings is 1. The fourth-order valence-corrected chi connectivity index (χ4v) is 3.12. The highest BCUT2D eigenvalue weighted by Crippen LogP contribution is 2.27. The van der Waals surface area contributed by atoms with Crippen molar-refractivity contribution in [2.45, 2.75) is 32.4 Å². The van der Waals surface area contributed by atoms with Crippen LogP contribution in [0.15, 0.2) is 42.7 Å². The van der Waals surface area contributed by atoms with Gasteiger partial charge in [0.05, 0.1) is 18.3 Å². The van der Waals surface area contributed by atoms with Crippen molar-refractivity contribution in [3.8, 4) is 5.75 Å². The maximum Gasteiger partial charge on any atom is 0.253 e. The summed E-state index contributed by atoms with van der Waals surface area (Å²) in [5.41, 5.74) is 2.51. The Kier molecular flexibility index (Phi) is 3.87. The molecule has 25 heavy (non-hydrogen) atoms. The van der Waals surface area contributed by atoms with Gasteiger partial charge < -0.3 is 10.1 Å². The minimum Gasteiger partial charge on any atom is -0.488 e. The van der Waals surface area contributed by atoms with Crippen LogP contribution < -0.4 is 10.1 Å². The largest absolute Gasteiger partial charge is 0.488 e. The molecule has 4 rings (SSSR count). The number of nitrogens with zero attached hydrogens (tertiary/aromatic N) is 3. The van der Waals surface area contributed by atoms with E-state index in [2.05, 4.69) is 21.5 Å². The highest BCUT2D eigenvalue weighted by molar-refractivity contribution is 5.96. The first kappa shape index (κ1) is 15.6. The van der Waals surface area contributed by atoms with Gasteiger partial charge in [0.15, 0.2) is 5.65 Å². The fraction of sp³-hybridized carbons (Fsp3) is 0.316. The van der Waals surface area contributed by atoms with Crippen molar-refractivity contribution < 1.29 is 9.53 Å². The topological polar surface area (TPSA) is 69.0 Å². The number of rotatable bonds is 4. The Hall–Kier alpha value is -2.89. The fourth-order valence-electron chi connectivity index (χ4n) is 3.12. The number of carbonyl (C=O) groups is 1. The number of ether oxygens (including phenoxy) is 1. The van der Waals surface area contributed by atoms with Crippen molar-refractivity contribution in [2.24, 2.45) is 0 Å². The molecule has 0 bridgehead atoms. The highest BCUT2D eigenvalue weighted by atomic mass is 16.5. The van der Waals surface area contributed by atoms with Crippen molar-refractivity contribution in [3.05, 3.63) is 53.9 Å². The first-order chi connectivity index (χ1) is 12.1. The molecule has 1 unspecified atom stereocenters. The van der Waals surface area contributed by atoms with Gasteiger partial charge in [0.1, 0.15) is 11.9 Å². The number of hydrogen-bond acceptors (Lipinski definition) is 4. The zero-order valence-corrected chi connectivity index (χ0v) is 14.3. The molecule has 128 valence electrons. The van der Waals surface area contributed by atoms with Gasteiger partial charge in [0, 0.05) is 24.0 Å². The van der Waals surface area contributed by atoms with E-state index >= 15 is 0 Å². The summed E-state index contributed by atoms with van der Waals surface area (Å²) in [6.07, 6.45) is 4.13. The van der Waals surface area contributed by atoms with Gasteiger partial charge in [-0.25, -0.2) is 9.67 Å². The average Bonchev–Trinajstić information content (AvgIpc) is 3.22. The van der Waals surface area contributed by atoms with Crippen LogP contribution in [-0.2, 0) is 6.42 Å². The van der Waals surface area contributed by atoms with Crippen molar-refractivity contribution in [3.63, 3.8) is 0 Å². The molecule has 3 heterocycles. The number of aromatic nitrogens is 3. The third-order valence-corrected chi connectivity index (χ3v) is 4.39. The molecule has 1 N–H and O–H groups in total. The van der Waals surface area contributed by atoms with Crippen LogP contribution in [-0.4, -0.2) is 33.3 Å². The molecule has 2 aromatic heterocycles. The molecule has 1 aliphatic heterocycles. The Morgan fingerprint density at radius 1 is 1.36 bits per heavy atom. The van der Waals surface area contributed by atoms with E-state index in [0.717, 1.165) is 23.2 Å². The van der Waals surface area contributed by atoms with Gasteiger partial charge >= 0.3 is 0 Å². The van der Waals surface area contributed by atoms with Crippen molar-refractivity contribution >= 4 is 16.9 Å². The van der Waals surface area contributed by atoms with Crippen LogP contribution in [0.4, 0.5) is 0 Å². The van der Waals surface area contributed by atoms with Crippen LogP contribution >= 0.6 is 0 Å². The SMILES string of the molecule is CC(C)n1ncc2cc(C(=O)NCC3Cc4ccccc4O3)cnc21. The van der Waals surface area contributed by atoms with Gasteiger partial charge in [0.25, 0.3) is 5.91 Å². The minimum absolute atomic E-state index is 0.0262. The Balaban J connectivity index is 1.43. The maximum absolute atomic E-state index is 12.4. The lowest BCUT2D eigenvalue weighted by Gasteiger charge is -2.12. The second-order valence-corrected chi connectivity index (χ2v) is 6.58. The second-order valence-electron chi connectivity index (χ2n) is 6.58. The number of nitrogens with one attached hydrogen (secondary N) is 1. The molecular formula is C19H20N4O2. The average molecular weight is 336 g/mol. The predicted octanol–water partition coefficient (Wildman–Crippen LogP) is 2.75. The van der Waals surface area contributed by atoms with Crippen LogP contribution in [0.25, 0.3) is 11.0 Å². The van der Waals surface area contributed by atoms with E-state index < -0.39 is 0 Å². The number of para-hydroxylation sites is 1. The predicted molar refractivity (Wildman–Crippen MR) is 94.8 cm³/mol. The van der Waals surface area contributed by atoms with Crippen molar-refractivity contribution in [1.29, 1.82) is 0 Å². The number of benzene rings is 1. The van der Waals surface area contributed by atoms with E-state index in [1.54, 1.807) is 12.4 Å². The molecule has 1 atom stereocenters. The molecular weight excluding hydrogens is 316 g/mol. The van der Waals surface area contributed by atoms with Gasteiger partial charge in [-0.05, 0) is 31.5 Å². The zero-order valence-electron chi connectivity index (χ0n) is 14.3. The maximum atomic E-state index is 12.4. The van der Waals surface area contributed by atoms with Crippen LogP contribution in [0.3, 0.4) is 0 Å². The Labute approximate surface area is 145 Å². The van der Waals surface area contributed by atoms with Gasteiger partial charge in [-0.15, -0.1) is 0 Å². The summed E-state index contributed by atoms with van der Waals surface area (Å²) in [5, 5.41) is 8.14. The lowest BCUT2D eigenvalue weighted by atomic mass is 10.1. The summed E-state index contributed by atoms with van der Waals surface area (Å²) in [7, 11) is 0. The Morgan fingerprint density at radius 2 is 2.20 bits per heavy atom. The quantitative estimate of drug-likeness (QED) is 0.795. The van der Waals surface area contributed by atoms with Gasteiger partial charge in [-0.2, -0.15) is 5.10 Å². The molecule has 1 amide bonds. The summed E-state index contributed by atoms with van der Waals surface area (Å²) in [6.45, 7) is 4.57. The van der Waals surface area contributed by atoms with E-state index in [1.807, 2.05) is 42.8 Å². The summed E-state index contributed by atoms with van der Waals surface area (Å²) < 4.78 is 7.70. The van der Waals surface area contributed by atoms with Crippen LogP contribution in [0, 0.1) is 0 Å². The van der Waals surface area contributed by atoms with Crippen molar-refractivity contribution in [1.82, 2.24) is 20.1 Å². The Morgan fingerprint density at radius 3 is 3.00 bits per heavy atom. The number of amides is 1. The summed E-state index contributed by atoms with van der Waals surface area (Å²) in [4.78, 5) is 16.8. The molecule has 0 saturated heterocycles. The second kappa shape index (κ2) is 6.20. The molecule has 6 heteroatoms. The summed E-state index contributed by atoms with van der Waals surface area (Å²) in [6, 6.07) is 10.0. The van der Waals surface area contributed by atoms with Crippen LogP contribution in [0.1, 0.15) is 35.8 Å². The monoisotopic (exact) mass is 336 g/mol. The van der Waals surface area contributed by atoms with Gasteiger partial charge in [-0.1, -0.05) is 18.2 Å². The highest BCUT2D eigenvalue weighted by Gasteiger charge is 2.23. The molecule has 0 radical (unpaired) electrons. The van der Waals surface area contributed by atoms with E-state index in [1.165, 1.54) is 5.56 Å². The first-order valence-corrected chi connectivity index (χ1v) is 8.48. The van der Waals surface area contributed by atoms with E-state index in [4.69, 9.17) is 4.74 Å². The lowest BCUT2D eigenvalue weighted by Crippen LogP contribution is -2.34. The third-order valence-electron chi connectivity index (χ3n) is 4.39. The van der Waals surface area contributed by atoms with Crippen LogP contribution in [0.5, 0.6) is 5.75 Å². The summed E-state index contributed by atoms with van der Waals surface area (Å²) in [5.74, 6) is 0.761. The normalized spacial score (nSPS) is 16.0. The first-order valence-electron chi connectivity index (χ1n) is 8.48. The molecule has 0 fully saturated rings. The van der Waals surface area contributed by atoms with Crippen LogP contribution in [0.2, 0.25) is 0 Å². The molecule has 0 aliphatic carbocycles. The Bertz CT molecular complexity index is 907. The zero-order chi connectivity index (χ0) is 17.4. The number of fused-ring (bicyclic) bond motifs is 2. The molecule has 3 aromatic rings. The van der Waals surface area contributed by atoms with E-state index in [-0.39, 0.29) is 18.1 Å². The third kappa shape index (κ3) is 2.95. The molecule has 6 nitrogen and oxygen atoms in total. The van der Waals surface area contributed by atoms with Gasteiger partial charge in [0.2, 0.25) is 0 Å². The van der Waals surface area contributed by atoms with E-state index in [9.17, 15) is 4.79 Å². The van der Waals surface area contributed by atoms with E-state index in [0.29, 0.717) is 12.1 Å². The standard InChI is InChI=1S/C19H20N4O2/c1-12(2)23-18-14(10-22-23)7-15(9-20-18)19(24)21-11-16-8-13-5-3-4-6-17(13)25-16/h3-7,9-10,12,16H,8,11H2,1-2H3,(H,21,24). The smallest absolute Gasteiger partial charge is 0.253 e. The molecule has 1 aromatic carbocycles. The number of carbonyl (C=O) groups excluding carboxylic acids is 1. The lowest BCUT2D eigenvalue weighted by molar-refractivity contribution is 0.0933. The minimum atomic E-state index is -0.147. The molecule has 0 saturated carbocycles. The molecule has 0 spiro atoms. The van der Waals surface area contributed by atoms with Crippen molar-refractivity contribution in [2.75, 3.05) is 6.54 Å². The van der Waals surface area contributed by atoms with Gasteiger partial charge in [-0.3, -0.25) is 4.79 Å². The molecule has 1 aliphatic rings. The summed E-state index contributed by atoms with van der Waals surface area (Å²) >= 11 is 0.